The van der Waals surface area contributed by atoms with Gasteiger partial charge in [0, 0.05) is 57.1 Å². The van der Waals surface area contributed by atoms with Gasteiger partial charge in [-0.05, 0) is 120 Å². The van der Waals surface area contributed by atoms with Crippen LogP contribution >= 0.6 is 0 Å². The zero-order valence-electron chi connectivity index (χ0n) is 30.7. The number of carbonyl (C=O) groups is 3. The summed E-state index contributed by atoms with van der Waals surface area (Å²) in [7, 11) is 1.76. The molecule has 4 fully saturated rings. The number of amides is 1. The number of halogens is 1. The number of Topliss-reactive ketones (excluding diaryl/α,β-unsaturated/α-hetero) is 1. The van der Waals surface area contributed by atoms with Crippen molar-refractivity contribution in [2.24, 2.45) is 29.4 Å². The molecule has 4 aliphatic rings. The summed E-state index contributed by atoms with van der Waals surface area (Å²) in [5.41, 5.74) is 7.38. The molecule has 10 nitrogen and oxygen atoms in total. The number of rotatable bonds is 13. The Morgan fingerprint density at radius 3 is 2.39 bits per heavy atom. The van der Waals surface area contributed by atoms with Gasteiger partial charge >= 0.3 is 5.97 Å². The summed E-state index contributed by atoms with van der Waals surface area (Å²) >= 11 is 0. The number of ketones is 1. The number of carbonyl (C=O) groups excluding carboxylic acids is 3. The molecule has 0 radical (unpaired) electrons. The van der Waals surface area contributed by atoms with E-state index in [0.717, 1.165) is 82.0 Å². The molecule has 2 saturated carbocycles. The second-order valence-corrected chi connectivity index (χ2v) is 15.8. The highest BCUT2D eigenvalue weighted by molar-refractivity contribution is 5.94. The largest absolute Gasteiger partial charge is 0.460 e. The Morgan fingerprint density at radius 1 is 0.980 bits per heavy atom. The van der Waals surface area contributed by atoms with Crippen LogP contribution in [0.15, 0.2) is 28.7 Å². The smallest absolute Gasteiger partial charge is 0.374 e. The average Bonchev–Trinajstić information content (AvgIpc) is 3.77. The summed E-state index contributed by atoms with van der Waals surface area (Å²) in [6.07, 6.45) is 9.17. The fourth-order valence-corrected chi connectivity index (χ4v) is 9.48. The number of alkyl halides is 1. The van der Waals surface area contributed by atoms with Gasteiger partial charge in [0.2, 0.25) is 11.7 Å². The highest BCUT2D eigenvalue weighted by atomic mass is 19.1. The first kappa shape index (κ1) is 37.9. The minimum Gasteiger partial charge on any atom is -0.460 e. The zero-order valence-corrected chi connectivity index (χ0v) is 30.7. The van der Waals surface area contributed by atoms with Gasteiger partial charge in [0.25, 0.3) is 0 Å². The molecule has 2 saturated heterocycles. The van der Waals surface area contributed by atoms with Crippen LogP contribution < -0.4 is 5.73 Å². The quantitative estimate of drug-likeness (QED) is 0.205. The van der Waals surface area contributed by atoms with E-state index in [1.807, 2.05) is 17.0 Å². The van der Waals surface area contributed by atoms with Crippen molar-refractivity contribution in [2.45, 2.75) is 115 Å². The molecule has 5 atom stereocenters. The molecule has 0 unspecified atom stereocenters. The van der Waals surface area contributed by atoms with E-state index < -0.39 is 24.7 Å². The predicted octanol–water partition coefficient (Wildman–Crippen LogP) is 5.73. The van der Waals surface area contributed by atoms with E-state index in [9.17, 15) is 18.8 Å². The number of nitrogens with zero attached hydrogens (tertiary/aromatic N) is 2. The molecule has 1 aromatic heterocycles. The highest BCUT2D eigenvalue weighted by Crippen LogP contribution is 2.42. The normalized spacial score (nSPS) is 31.1. The standard InChI is InChI=1S/C40H58FN3O7/c1-25-23-43(24-26(2)50-25)16-4-18-49-40(47)37-21-31-19-27(5-14-36(31)51-37)20-35(45)38-33(28-10-12-32(48-3)13-11-28)15-17-44(38)39(46)30-8-6-29(7-9-30)34(42)22-41/h5,14,19,21,25-26,28-30,32-34,38H,4,6-13,15-18,20,22-24,42H2,1-3H3/t25-,26+,28?,29?,30?,32?,33-,34+,38-/m0/s1. The van der Waals surface area contributed by atoms with E-state index in [1.54, 1.807) is 19.2 Å². The summed E-state index contributed by atoms with van der Waals surface area (Å²) in [4.78, 5) is 45.5. The molecule has 2 N–H and O–H groups in total. The Hall–Kier alpha value is -2.86. The van der Waals surface area contributed by atoms with Gasteiger partial charge in [-0.3, -0.25) is 14.5 Å². The van der Waals surface area contributed by atoms with E-state index in [0.29, 0.717) is 37.5 Å². The number of methoxy groups -OCH3 is 1. The van der Waals surface area contributed by atoms with Crippen LogP contribution in [0.1, 0.15) is 94.2 Å². The van der Waals surface area contributed by atoms with Crippen molar-refractivity contribution >= 4 is 28.6 Å². The van der Waals surface area contributed by atoms with Gasteiger partial charge < -0.3 is 29.3 Å². The van der Waals surface area contributed by atoms with Crippen molar-refractivity contribution in [3.63, 3.8) is 0 Å². The van der Waals surface area contributed by atoms with Gasteiger partial charge in [-0.1, -0.05) is 6.07 Å². The first-order valence-electron chi connectivity index (χ1n) is 19.4. The summed E-state index contributed by atoms with van der Waals surface area (Å²) in [6, 6.07) is 6.33. The van der Waals surface area contributed by atoms with Gasteiger partial charge in [-0.2, -0.15) is 0 Å². The average molecular weight is 712 g/mol. The Morgan fingerprint density at radius 2 is 1.71 bits per heavy atom. The van der Waals surface area contributed by atoms with Crippen LogP contribution in [-0.4, -0.2) is 104 Å². The van der Waals surface area contributed by atoms with Crippen molar-refractivity contribution in [3.8, 4) is 0 Å². The second kappa shape index (κ2) is 17.3. The number of esters is 1. The first-order chi connectivity index (χ1) is 24.6. The summed E-state index contributed by atoms with van der Waals surface area (Å²) in [5, 5.41) is 0.737. The minimum absolute atomic E-state index is 0.0550. The van der Waals surface area contributed by atoms with Crippen molar-refractivity contribution in [1.29, 1.82) is 0 Å². The van der Waals surface area contributed by atoms with Gasteiger partial charge in [0.05, 0.1) is 31.0 Å². The topological polar surface area (TPSA) is 125 Å². The predicted molar refractivity (Wildman–Crippen MR) is 192 cm³/mol. The fourth-order valence-electron chi connectivity index (χ4n) is 9.48. The number of furan rings is 1. The Kier molecular flexibility index (Phi) is 12.9. The Labute approximate surface area is 301 Å². The molecule has 2 aliphatic heterocycles. The van der Waals surface area contributed by atoms with E-state index in [-0.39, 0.29) is 59.9 Å². The summed E-state index contributed by atoms with van der Waals surface area (Å²) < 4.78 is 36.0. The molecular formula is C40H58FN3O7. The molecule has 6 rings (SSSR count). The molecule has 51 heavy (non-hydrogen) atoms. The van der Waals surface area contributed by atoms with Crippen LogP contribution in [0.4, 0.5) is 4.39 Å². The maximum absolute atomic E-state index is 14.3. The van der Waals surface area contributed by atoms with Gasteiger partial charge in [0.15, 0.2) is 5.78 Å². The lowest BCUT2D eigenvalue weighted by Gasteiger charge is -2.37. The number of fused-ring (bicyclic) bond motifs is 1. The molecule has 1 aromatic carbocycles. The monoisotopic (exact) mass is 711 g/mol. The lowest BCUT2D eigenvalue weighted by molar-refractivity contribution is -0.143. The minimum atomic E-state index is -0.538. The van der Waals surface area contributed by atoms with Crippen molar-refractivity contribution in [3.05, 3.63) is 35.6 Å². The lowest BCUT2D eigenvalue weighted by Crippen LogP contribution is -2.48. The number of likely N-dealkylation sites (tertiary alicyclic amines) is 1. The Bertz CT molecular complexity index is 1470. The SMILES string of the molecule is COC1CCC([C@@H]2CCN(C(=O)C3CCC([C@H](N)CF)CC3)[C@@H]2C(=O)Cc2ccc3oc(C(=O)OCCCN4C[C@@H](C)O[C@@H](C)C4)cc3c2)CC1. The second-order valence-electron chi connectivity index (χ2n) is 15.8. The van der Waals surface area contributed by atoms with E-state index in [1.165, 1.54) is 0 Å². The maximum Gasteiger partial charge on any atom is 0.374 e. The lowest BCUT2D eigenvalue weighted by atomic mass is 9.74. The van der Waals surface area contributed by atoms with Crippen molar-refractivity contribution in [1.82, 2.24) is 9.80 Å². The molecule has 0 bridgehead atoms. The maximum atomic E-state index is 14.3. The first-order valence-corrected chi connectivity index (χ1v) is 19.4. The molecular weight excluding hydrogens is 653 g/mol. The number of nitrogens with two attached hydrogens (primary N) is 1. The summed E-state index contributed by atoms with van der Waals surface area (Å²) in [6.45, 7) is 7.07. The van der Waals surface area contributed by atoms with Crippen LogP contribution in [0.3, 0.4) is 0 Å². The molecule has 2 aliphatic carbocycles. The number of benzene rings is 1. The highest BCUT2D eigenvalue weighted by Gasteiger charge is 2.47. The molecule has 1 amide bonds. The van der Waals surface area contributed by atoms with Gasteiger partial charge in [0.1, 0.15) is 12.3 Å². The van der Waals surface area contributed by atoms with Crippen LogP contribution in [0.2, 0.25) is 0 Å². The van der Waals surface area contributed by atoms with Crippen LogP contribution in [0.25, 0.3) is 11.0 Å². The number of hydrogen-bond acceptors (Lipinski definition) is 9. The van der Waals surface area contributed by atoms with Crippen LogP contribution in [0, 0.1) is 23.7 Å². The van der Waals surface area contributed by atoms with E-state index >= 15 is 0 Å². The third-order valence-corrected chi connectivity index (χ3v) is 12.1. The molecule has 3 heterocycles. The van der Waals surface area contributed by atoms with Crippen LogP contribution in [-0.2, 0) is 30.2 Å². The van der Waals surface area contributed by atoms with E-state index in [4.69, 9.17) is 24.4 Å². The third-order valence-electron chi connectivity index (χ3n) is 12.1. The van der Waals surface area contributed by atoms with Crippen molar-refractivity contribution in [2.75, 3.05) is 46.6 Å². The van der Waals surface area contributed by atoms with E-state index in [2.05, 4.69) is 18.7 Å². The zero-order chi connectivity index (χ0) is 36.1. The number of hydrogen-bond donors (Lipinski definition) is 1. The molecule has 11 heteroatoms. The van der Waals surface area contributed by atoms with Gasteiger partial charge in [-0.25, -0.2) is 9.18 Å². The Balaban J connectivity index is 1.09. The molecule has 0 spiro atoms. The molecule has 282 valence electrons. The third kappa shape index (κ3) is 9.21. The van der Waals surface area contributed by atoms with Crippen molar-refractivity contribution < 1.29 is 37.4 Å². The molecule has 2 aromatic rings. The fraction of sp³-hybridized carbons (Fsp3) is 0.725. The summed E-state index contributed by atoms with van der Waals surface area (Å²) in [5.74, 6) is 0.196. The van der Waals surface area contributed by atoms with Gasteiger partial charge in [-0.15, -0.1) is 0 Å². The number of ether oxygens (including phenoxy) is 3. The van der Waals surface area contributed by atoms with Crippen LogP contribution in [0.5, 0.6) is 0 Å². The number of morpholine rings is 1.